The van der Waals surface area contributed by atoms with Crippen LogP contribution < -0.4 is 10.6 Å². The maximum Gasteiger partial charge on any atom is 0.234 e. The van der Waals surface area contributed by atoms with Gasteiger partial charge in [-0.25, -0.2) is 4.39 Å². The summed E-state index contributed by atoms with van der Waals surface area (Å²) in [5.41, 5.74) is 4.80. The van der Waals surface area contributed by atoms with E-state index in [-0.39, 0.29) is 17.5 Å². The molecule has 0 bridgehead atoms. The summed E-state index contributed by atoms with van der Waals surface area (Å²) in [7, 11) is 0. The molecule has 0 radical (unpaired) electrons. The van der Waals surface area contributed by atoms with Gasteiger partial charge in [0.15, 0.2) is 11.0 Å². The van der Waals surface area contributed by atoms with Crippen LogP contribution >= 0.6 is 11.8 Å². The van der Waals surface area contributed by atoms with Crippen molar-refractivity contribution in [1.29, 1.82) is 0 Å². The van der Waals surface area contributed by atoms with Gasteiger partial charge in [-0.2, -0.15) is 0 Å². The quantitative estimate of drug-likeness (QED) is 0.316. The molecule has 174 valence electrons. The molecule has 0 fully saturated rings. The fourth-order valence-corrected chi connectivity index (χ4v) is 4.30. The third-order valence-electron chi connectivity index (χ3n) is 5.35. The molecule has 0 saturated heterocycles. The van der Waals surface area contributed by atoms with Crippen molar-refractivity contribution < 1.29 is 9.18 Å². The maximum absolute atomic E-state index is 13.2. The lowest BCUT2D eigenvalue weighted by Crippen LogP contribution is -2.16. The van der Waals surface area contributed by atoms with Crippen LogP contribution in [0.4, 0.5) is 15.8 Å². The summed E-state index contributed by atoms with van der Waals surface area (Å²) in [6.07, 6.45) is 0. The number of carbonyl (C=O) groups is 1. The monoisotopic (exact) mass is 475 g/mol. The van der Waals surface area contributed by atoms with Crippen LogP contribution in [-0.4, -0.2) is 26.4 Å². The second-order valence-corrected chi connectivity index (χ2v) is 8.88. The number of nitrogens with one attached hydrogen (secondary N) is 2. The standard InChI is InChI=1S/C26H26FN5OS/c1-18-7-6-8-19(2)25(18)29-24(33)17-34-26-31-30-23(15-28-22-13-11-21(27)12-14-22)32(26)16-20-9-4-3-5-10-20/h3-14,28H,15-17H2,1-2H3,(H,29,33). The molecule has 0 aliphatic heterocycles. The van der Waals surface area contributed by atoms with Gasteiger partial charge in [0.25, 0.3) is 0 Å². The SMILES string of the molecule is Cc1cccc(C)c1NC(=O)CSc1nnc(CNc2ccc(F)cc2)n1Cc1ccccc1. The van der Waals surface area contributed by atoms with E-state index in [1.165, 1.54) is 23.9 Å². The minimum Gasteiger partial charge on any atom is -0.378 e. The fraction of sp³-hybridized carbons (Fsp3) is 0.192. The summed E-state index contributed by atoms with van der Waals surface area (Å²) in [4.78, 5) is 12.7. The molecule has 1 aromatic heterocycles. The molecular formula is C26H26FN5OS. The Balaban J connectivity index is 1.48. The molecule has 0 atom stereocenters. The molecule has 6 nitrogen and oxygen atoms in total. The van der Waals surface area contributed by atoms with E-state index in [2.05, 4.69) is 20.8 Å². The molecule has 34 heavy (non-hydrogen) atoms. The van der Waals surface area contributed by atoms with Gasteiger partial charge < -0.3 is 15.2 Å². The van der Waals surface area contributed by atoms with Crippen LogP contribution in [0.3, 0.4) is 0 Å². The molecular weight excluding hydrogens is 449 g/mol. The number of thioether (sulfide) groups is 1. The lowest BCUT2D eigenvalue weighted by Gasteiger charge is -2.13. The van der Waals surface area contributed by atoms with Crippen LogP contribution in [0.25, 0.3) is 0 Å². The van der Waals surface area contributed by atoms with Crippen LogP contribution in [0.5, 0.6) is 0 Å². The van der Waals surface area contributed by atoms with Gasteiger partial charge in [-0.15, -0.1) is 10.2 Å². The molecule has 0 saturated carbocycles. The number of aryl methyl sites for hydroxylation is 2. The lowest BCUT2D eigenvalue weighted by molar-refractivity contribution is -0.113. The van der Waals surface area contributed by atoms with Gasteiger partial charge in [0.1, 0.15) is 5.82 Å². The number of hydrogen-bond donors (Lipinski definition) is 2. The molecule has 3 aromatic carbocycles. The Labute approximate surface area is 202 Å². The van der Waals surface area contributed by atoms with Crippen molar-refractivity contribution in [3.8, 4) is 0 Å². The smallest absolute Gasteiger partial charge is 0.234 e. The van der Waals surface area contributed by atoms with Gasteiger partial charge in [-0.1, -0.05) is 60.3 Å². The summed E-state index contributed by atoms with van der Waals surface area (Å²) in [5, 5.41) is 15.6. The highest BCUT2D eigenvalue weighted by atomic mass is 32.2. The normalized spacial score (nSPS) is 10.8. The van der Waals surface area contributed by atoms with Crippen molar-refractivity contribution in [2.75, 3.05) is 16.4 Å². The topological polar surface area (TPSA) is 71.8 Å². The third kappa shape index (κ3) is 6.02. The molecule has 1 amide bonds. The van der Waals surface area contributed by atoms with Crippen molar-refractivity contribution in [3.63, 3.8) is 0 Å². The highest BCUT2D eigenvalue weighted by Crippen LogP contribution is 2.23. The van der Waals surface area contributed by atoms with Crippen molar-refractivity contribution in [2.45, 2.75) is 32.1 Å². The third-order valence-corrected chi connectivity index (χ3v) is 6.32. The number of aromatic nitrogens is 3. The molecule has 0 unspecified atom stereocenters. The Hall–Kier alpha value is -3.65. The molecule has 1 heterocycles. The molecule has 0 aliphatic carbocycles. The summed E-state index contributed by atoms with van der Waals surface area (Å²) in [6, 6.07) is 22.1. The van der Waals surface area contributed by atoms with Crippen molar-refractivity contribution in [2.24, 2.45) is 0 Å². The van der Waals surface area contributed by atoms with Gasteiger partial charge in [0.2, 0.25) is 5.91 Å². The lowest BCUT2D eigenvalue weighted by atomic mass is 10.1. The Morgan fingerprint density at radius 2 is 1.65 bits per heavy atom. The summed E-state index contributed by atoms with van der Waals surface area (Å²) in [6.45, 7) is 4.95. The number of carbonyl (C=O) groups excluding carboxylic acids is 1. The number of nitrogens with zero attached hydrogens (tertiary/aromatic N) is 3. The Morgan fingerprint density at radius 1 is 0.941 bits per heavy atom. The van der Waals surface area contributed by atoms with E-state index in [9.17, 15) is 9.18 Å². The predicted molar refractivity (Wildman–Crippen MR) is 135 cm³/mol. The highest BCUT2D eigenvalue weighted by molar-refractivity contribution is 7.99. The summed E-state index contributed by atoms with van der Waals surface area (Å²) in [5.74, 6) is 0.565. The Kier molecular flexibility index (Phi) is 7.59. The van der Waals surface area contributed by atoms with Crippen LogP contribution in [0, 0.1) is 19.7 Å². The molecule has 0 aliphatic rings. The number of para-hydroxylation sites is 1. The van der Waals surface area contributed by atoms with Crippen molar-refractivity contribution in [1.82, 2.24) is 14.8 Å². The first kappa shape index (κ1) is 23.5. The van der Waals surface area contributed by atoms with Gasteiger partial charge in [-0.05, 0) is 54.8 Å². The number of rotatable bonds is 9. The first-order valence-electron chi connectivity index (χ1n) is 10.9. The largest absolute Gasteiger partial charge is 0.378 e. The molecule has 2 N–H and O–H groups in total. The second kappa shape index (κ2) is 11.0. The van der Waals surface area contributed by atoms with E-state index in [1.807, 2.05) is 66.9 Å². The number of benzene rings is 3. The average Bonchev–Trinajstić information content (AvgIpc) is 3.21. The highest BCUT2D eigenvalue weighted by Gasteiger charge is 2.16. The van der Waals surface area contributed by atoms with E-state index >= 15 is 0 Å². The number of anilines is 2. The van der Waals surface area contributed by atoms with E-state index < -0.39 is 0 Å². The number of hydrogen-bond acceptors (Lipinski definition) is 5. The second-order valence-electron chi connectivity index (χ2n) is 7.93. The average molecular weight is 476 g/mol. The van der Waals surface area contributed by atoms with Crippen LogP contribution in [0.2, 0.25) is 0 Å². The van der Waals surface area contributed by atoms with E-state index in [1.54, 1.807) is 12.1 Å². The van der Waals surface area contributed by atoms with Crippen LogP contribution in [-0.2, 0) is 17.9 Å². The zero-order valence-electron chi connectivity index (χ0n) is 19.1. The van der Waals surface area contributed by atoms with Gasteiger partial charge in [0.05, 0.1) is 18.8 Å². The van der Waals surface area contributed by atoms with Crippen LogP contribution in [0.15, 0.2) is 78.0 Å². The van der Waals surface area contributed by atoms with Crippen molar-refractivity contribution >= 4 is 29.0 Å². The molecule has 4 rings (SSSR count). The van der Waals surface area contributed by atoms with Gasteiger partial charge in [-0.3, -0.25) is 4.79 Å². The Bertz CT molecular complexity index is 1240. The fourth-order valence-electron chi connectivity index (χ4n) is 3.55. The number of halogens is 1. The van der Waals surface area contributed by atoms with Gasteiger partial charge in [0, 0.05) is 11.4 Å². The minimum absolute atomic E-state index is 0.0948. The first-order chi connectivity index (χ1) is 16.5. The zero-order valence-corrected chi connectivity index (χ0v) is 19.9. The van der Waals surface area contributed by atoms with E-state index in [4.69, 9.17) is 0 Å². The van der Waals surface area contributed by atoms with Crippen LogP contribution in [0.1, 0.15) is 22.5 Å². The van der Waals surface area contributed by atoms with E-state index in [0.717, 1.165) is 33.9 Å². The molecule has 0 spiro atoms. The molecule has 8 heteroatoms. The Morgan fingerprint density at radius 3 is 2.35 bits per heavy atom. The first-order valence-corrected chi connectivity index (χ1v) is 11.9. The summed E-state index contributed by atoms with van der Waals surface area (Å²) < 4.78 is 15.2. The van der Waals surface area contributed by atoms with Crippen molar-refractivity contribution in [3.05, 3.63) is 101 Å². The predicted octanol–water partition coefficient (Wildman–Crippen LogP) is 5.43. The van der Waals surface area contributed by atoms with Gasteiger partial charge >= 0.3 is 0 Å². The maximum atomic E-state index is 13.2. The number of amides is 1. The summed E-state index contributed by atoms with van der Waals surface area (Å²) >= 11 is 1.35. The van der Waals surface area contributed by atoms with E-state index in [0.29, 0.717) is 18.2 Å². The molecule has 4 aromatic rings. The minimum atomic E-state index is -0.282. The zero-order chi connectivity index (χ0) is 23.9.